The smallest absolute Gasteiger partial charge is 0.415 e. The molecule has 5 nitrogen and oxygen atoms in total. The predicted octanol–water partition coefficient (Wildman–Crippen LogP) is 6.30. The molecule has 0 fully saturated rings. The molecule has 0 N–H and O–H groups in total. The Balaban J connectivity index is 1.71. The number of fused-ring (bicyclic) bond motifs is 1. The number of rotatable bonds is 5. The fraction of sp³-hybridized carbons (Fsp3) is 0.240. The van der Waals surface area contributed by atoms with Crippen LogP contribution < -0.4 is 14.4 Å². The standard InChI is InChI=1S/C25H24BrNO4/c1-29-21-11-8-18(9-12-21)22-13-10-19-14-20(26)15-23(30-2)24(19)27(22)25(28)31-16-17-6-4-3-5-7-17/h3-9,11-12,14-15,22H,10,13,16H2,1-2H3. The lowest BCUT2D eigenvalue weighted by atomic mass is 9.91. The van der Waals surface area contributed by atoms with Crippen LogP contribution in [0.4, 0.5) is 10.5 Å². The maximum absolute atomic E-state index is 13.4. The highest BCUT2D eigenvalue weighted by Crippen LogP contribution is 2.46. The molecule has 6 heteroatoms. The number of benzene rings is 3. The number of anilines is 1. The highest BCUT2D eigenvalue weighted by atomic mass is 79.9. The van der Waals surface area contributed by atoms with Crippen LogP contribution in [-0.2, 0) is 17.8 Å². The average Bonchev–Trinajstić information content (AvgIpc) is 2.82. The Hall–Kier alpha value is -2.99. The number of carbonyl (C=O) groups excluding carboxylic acids is 1. The zero-order chi connectivity index (χ0) is 21.8. The summed E-state index contributed by atoms with van der Waals surface area (Å²) in [7, 11) is 3.26. The van der Waals surface area contributed by atoms with Crippen LogP contribution >= 0.6 is 15.9 Å². The molecule has 1 atom stereocenters. The van der Waals surface area contributed by atoms with Crippen molar-refractivity contribution in [2.75, 3.05) is 19.1 Å². The third-order valence-corrected chi connectivity index (χ3v) is 5.94. The Morgan fingerprint density at radius 2 is 1.77 bits per heavy atom. The van der Waals surface area contributed by atoms with E-state index in [0.717, 1.165) is 45.4 Å². The lowest BCUT2D eigenvalue weighted by Gasteiger charge is -2.37. The summed E-state index contributed by atoms with van der Waals surface area (Å²) in [6.07, 6.45) is 1.20. The fourth-order valence-electron chi connectivity index (χ4n) is 3.97. The van der Waals surface area contributed by atoms with Crippen LogP contribution in [0.1, 0.15) is 29.2 Å². The van der Waals surface area contributed by atoms with Gasteiger partial charge in [-0.15, -0.1) is 0 Å². The summed E-state index contributed by atoms with van der Waals surface area (Å²) < 4.78 is 17.6. The number of ether oxygens (including phenoxy) is 3. The molecular weight excluding hydrogens is 458 g/mol. The Labute approximate surface area is 190 Å². The fourth-order valence-corrected chi connectivity index (χ4v) is 4.46. The summed E-state index contributed by atoms with van der Waals surface area (Å²) in [4.78, 5) is 15.1. The zero-order valence-electron chi connectivity index (χ0n) is 17.5. The van der Waals surface area contributed by atoms with E-state index in [1.165, 1.54) is 0 Å². The first-order valence-corrected chi connectivity index (χ1v) is 10.9. The van der Waals surface area contributed by atoms with E-state index in [2.05, 4.69) is 15.9 Å². The molecule has 1 unspecified atom stereocenters. The van der Waals surface area contributed by atoms with Crippen molar-refractivity contribution in [2.24, 2.45) is 0 Å². The van der Waals surface area contributed by atoms with Crippen LogP contribution in [0, 0.1) is 0 Å². The summed E-state index contributed by atoms with van der Waals surface area (Å²) in [5.41, 5.74) is 3.77. The van der Waals surface area contributed by atoms with Gasteiger partial charge in [0.2, 0.25) is 0 Å². The van der Waals surface area contributed by atoms with Crippen LogP contribution in [-0.4, -0.2) is 20.3 Å². The first kappa shape index (κ1) is 21.2. The largest absolute Gasteiger partial charge is 0.497 e. The molecule has 1 aliphatic heterocycles. The van der Waals surface area contributed by atoms with Gasteiger partial charge in [0.05, 0.1) is 25.9 Å². The minimum absolute atomic E-state index is 0.170. The third-order valence-electron chi connectivity index (χ3n) is 5.48. The lowest BCUT2D eigenvalue weighted by Crippen LogP contribution is -2.39. The van der Waals surface area contributed by atoms with Gasteiger partial charge in [0.25, 0.3) is 0 Å². The van der Waals surface area contributed by atoms with E-state index in [1.54, 1.807) is 19.1 Å². The molecule has 31 heavy (non-hydrogen) atoms. The van der Waals surface area contributed by atoms with Crippen molar-refractivity contribution in [3.05, 3.63) is 87.9 Å². The second-order valence-electron chi connectivity index (χ2n) is 7.35. The topological polar surface area (TPSA) is 48.0 Å². The second kappa shape index (κ2) is 9.43. The number of nitrogens with zero attached hydrogens (tertiary/aromatic N) is 1. The lowest BCUT2D eigenvalue weighted by molar-refractivity contribution is 0.143. The summed E-state index contributed by atoms with van der Waals surface area (Å²) in [6.45, 7) is 0.208. The maximum atomic E-state index is 13.4. The molecule has 1 amide bonds. The number of amides is 1. The normalized spacial score (nSPS) is 15.2. The second-order valence-corrected chi connectivity index (χ2v) is 8.27. The molecule has 1 heterocycles. The number of hydrogen-bond donors (Lipinski definition) is 0. The van der Waals surface area contributed by atoms with Crippen LogP contribution in [0.25, 0.3) is 0 Å². The SMILES string of the molecule is COc1ccc(C2CCc3cc(Br)cc(OC)c3N2C(=O)OCc2ccccc2)cc1. The summed E-state index contributed by atoms with van der Waals surface area (Å²) in [6, 6.07) is 21.3. The van der Waals surface area contributed by atoms with Gasteiger partial charge in [-0.3, -0.25) is 4.90 Å². The molecule has 0 aromatic heterocycles. The van der Waals surface area contributed by atoms with E-state index in [1.807, 2.05) is 66.7 Å². The van der Waals surface area contributed by atoms with Crippen molar-refractivity contribution >= 4 is 27.7 Å². The molecule has 0 radical (unpaired) electrons. The van der Waals surface area contributed by atoms with Gasteiger partial charge in [-0.1, -0.05) is 58.4 Å². The molecule has 1 aliphatic rings. The summed E-state index contributed by atoms with van der Waals surface area (Å²) >= 11 is 3.55. The highest BCUT2D eigenvalue weighted by molar-refractivity contribution is 9.10. The van der Waals surface area contributed by atoms with Gasteiger partial charge < -0.3 is 14.2 Å². The number of methoxy groups -OCH3 is 2. The van der Waals surface area contributed by atoms with Crippen molar-refractivity contribution < 1.29 is 19.0 Å². The van der Waals surface area contributed by atoms with E-state index < -0.39 is 6.09 Å². The van der Waals surface area contributed by atoms with Gasteiger partial charge in [0.15, 0.2) is 0 Å². The van der Waals surface area contributed by atoms with Crippen LogP contribution in [0.2, 0.25) is 0 Å². The molecule has 0 saturated heterocycles. The highest BCUT2D eigenvalue weighted by Gasteiger charge is 2.36. The average molecular weight is 482 g/mol. The Morgan fingerprint density at radius 3 is 2.45 bits per heavy atom. The molecule has 0 spiro atoms. The van der Waals surface area contributed by atoms with Crippen LogP contribution in [0.5, 0.6) is 11.5 Å². The molecule has 3 aromatic carbocycles. The van der Waals surface area contributed by atoms with Crippen LogP contribution in [0.15, 0.2) is 71.2 Å². The van der Waals surface area contributed by atoms with Crippen molar-refractivity contribution in [2.45, 2.75) is 25.5 Å². The number of hydrogen-bond acceptors (Lipinski definition) is 4. The number of aryl methyl sites for hydroxylation is 1. The van der Waals surface area contributed by atoms with Gasteiger partial charge in [-0.2, -0.15) is 0 Å². The predicted molar refractivity (Wildman–Crippen MR) is 124 cm³/mol. The Bertz CT molecular complexity index is 1040. The molecule has 4 rings (SSSR count). The summed E-state index contributed by atoms with van der Waals surface area (Å²) in [5, 5.41) is 0. The summed E-state index contributed by atoms with van der Waals surface area (Å²) in [5.74, 6) is 1.42. The van der Waals surface area contributed by atoms with E-state index >= 15 is 0 Å². The monoisotopic (exact) mass is 481 g/mol. The molecular formula is C25H24BrNO4. The molecule has 160 valence electrons. The number of carbonyl (C=O) groups is 1. The first-order valence-electron chi connectivity index (χ1n) is 10.1. The number of halogens is 1. The maximum Gasteiger partial charge on any atom is 0.415 e. The van der Waals surface area contributed by atoms with Gasteiger partial charge >= 0.3 is 6.09 Å². The van der Waals surface area contributed by atoms with Gasteiger partial charge in [0.1, 0.15) is 18.1 Å². The van der Waals surface area contributed by atoms with Crippen LogP contribution in [0.3, 0.4) is 0 Å². The minimum atomic E-state index is -0.397. The van der Waals surface area contributed by atoms with Gasteiger partial charge in [-0.05, 0) is 53.8 Å². The van der Waals surface area contributed by atoms with Crippen molar-refractivity contribution in [3.8, 4) is 11.5 Å². The molecule has 0 aliphatic carbocycles. The van der Waals surface area contributed by atoms with Gasteiger partial charge in [0, 0.05) is 4.47 Å². The minimum Gasteiger partial charge on any atom is -0.497 e. The zero-order valence-corrected chi connectivity index (χ0v) is 19.1. The van der Waals surface area contributed by atoms with E-state index in [4.69, 9.17) is 14.2 Å². The molecule has 0 bridgehead atoms. The first-order chi connectivity index (χ1) is 15.1. The van der Waals surface area contributed by atoms with Crippen molar-refractivity contribution in [3.63, 3.8) is 0 Å². The molecule has 0 saturated carbocycles. The van der Waals surface area contributed by atoms with Crippen molar-refractivity contribution in [1.82, 2.24) is 0 Å². The Kier molecular flexibility index (Phi) is 6.47. The quantitative estimate of drug-likeness (QED) is 0.429. The molecule has 3 aromatic rings. The van der Waals surface area contributed by atoms with E-state index in [-0.39, 0.29) is 12.6 Å². The van der Waals surface area contributed by atoms with E-state index in [9.17, 15) is 4.79 Å². The van der Waals surface area contributed by atoms with Gasteiger partial charge in [-0.25, -0.2) is 4.79 Å². The van der Waals surface area contributed by atoms with E-state index in [0.29, 0.717) is 5.75 Å². The van der Waals surface area contributed by atoms with Crippen molar-refractivity contribution in [1.29, 1.82) is 0 Å². The third kappa shape index (κ3) is 4.54. The Morgan fingerprint density at radius 1 is 1.03 bits per heavy atom.